The lowest BCUT2D eigenvalue weighted by Gasteiger charge is -2.08. The molecule has 2 aromatic carbocycles. The zero-order valence-electron chi connectivity index (χ0n) is 18.4. The number of unbranched alkanes of at least 4 members (excludes halogenated alkanes) is 5. The molecule has 0 aliphatic heterocycles. The van der Waals surface area contributed by atoms with E-state index in [1.54, 1.807) is 0 Å². The maximum absolute atomic E-state index is 12.6. The summed E-state index contributed by atoms with van der Waals surface area (Å²) in [6.07, 6.45) is 3.86. The molecule has 7 heteroatoms. The van der Waals surface area contributed by atoms with Crippen molar-refractivity contribution in [3.8, 4) is 11.5 Å². The van der Waals surface area contributed by atoms with Crippen LogP contribution in [0.5, 0.6) is 0 Å². The molecule has 1 aromatic heterocycles. The highest BCUT2D eigenvalue weighted by Crippen LogP contribution is 2.29. The highest BCUT2D eigenvalue weighted by atomic mass is 19.4. The lowest BCUT2D eigenvalue weighted by molar-refractivity contribution is -0.137. The maximum atomic E-state index is 12.6. The molecule has 0 amide bonds. The van der Waals surface area contributed by atoms with E-state index in [1.165, 1.54) is 44.2 Å². The van der Waals surface area contributed by atoms with Gasteiger partial charge in [0.1, 0.15) is 0 Å². The summed E-state index contributed by atoms with van der Waals surface area (Å²) < 4.78 is 43.2. The Labute approximate surface area is 187 Å². The van der Waals surface area contributed by atoms with Crippen LogP contribution in [0.15, 0.2) is 53.1 Å². The van der Waals surface area contributed by atoms with E-state index in [9.17, 15) is 13.2 Å². The Hall–Kier alpha value is -2.67. The largest absolute Gasteiger partial charge is 0.416 e. The number of hydrogen-bond donors (Lipinski definition) is 0. The minimum absolute atomic E-state index is 0.366. The third kappa shape index (κ3) is 7.48. The minimum Gasteiger partial charge on any atom is -0.334 e. The molecule has 0 N–H and O–H groups in total. The summed E-state index contributed by atoms with van der Waals surface area (Å²) in [5.41, 5.74) is 1.97. The lowest BCUT2D eigenvalue weighted by Crippen LogP contribution is -2.07. The van der Waals surface area contributed by atoms with Gasteiger partial charge in [-0.05, 0) is 41.8 Å². The molecule has 1 heterocycles. The van der Waals surface area contributed by atoms with Gasteiger partial charge in [-0.2, -0.15) is 18.2 Å². The van der Waals surface area contributed by atoms with Crippen molar-refractivity contribution >= 4 is 0 Å². The molecular formula is C25H29F3N3O. The summed E-state index contributed by atoms with van der Waals surface area (Å²) in [4.78, 5) is 4.49. The summed E-state index contributed by atoms with van der Waals surface area (Å²) in [7, 11) is 0. The third-order valence-corrected chi connectivity index (χ3v) is 5.29. The molecule has 171 valence electrons. The fraction of sp³-hybridized carbons (Fsp3) is 0.440. The molecule has 4 nitrogen and oxygen atoms in total. The van der Waals surface area contributed by atoms with Crippen LogP contribution in [0.3, 0.4) is 0 Å². The monoisotopic (exact) mass is 444 g/mol. The average Bonchev–Trinajstić information content (AvgIpc) is 3.25. The fourth-order valence-corrected chi connectivity index (χ4v) is 3.40. The van der Waals surface area contributed by atoms with Gasteiger partial charge in [0.05, 0.1) is 5.56 Å². The molecule has 0 spiro atoms. The second-order valence-electron chi connectivity index (χ2n) is 7.96. The second kappa shape index (κ2) is 11.8. The number of rotatable bonds is 12. The van der Waals surface area contributed by atoms with E-state index in [-0.39, 0.29) is 0 Å². The normalized spacial score (nSPS) is 11.8. The summed E-state index contributed by atoms with van der Waals surface area (Å²) in [5, 5.41) is 8.52. The highest BCUT2D eigenvalue weighted by Gasteiger charge is 2.29. The summed E-state index contributed by atoms with van der Waals surface area (Å²) >= 11 is 0. The first-order valence-corrected chi connectivity index (χ1v) is 11.2. The molecule has 1 radical (unpaired) electrons. The van der Waals surface area contributed by atoms with Crippen LogP contribution in [0.25, 0.3) is 11.5 Å². The first-order chi connectivity index (χ1) is 15.5. The molecule has 3 rings (SSSR count). The SMILES string of the molecule is CCCCCCCCc1noc(-c2ccc(C[N]Cc3ccc(C(F)(F)F)cc3)cc2)n1. The first kappa shape index (κ1) is 24.0. The van der Waals surface area contributed by atoms with Crippen molar-refractivity contribution in [3.05, 3.63) is 71.0 Å². The topological polar surface area (TPSA) is 53.0 Å². The van der Waals surface area contributed by atoms with Crippen LogP contribution in [-0.4, -0.2) is 10.1 Å². The zero-order valence-corrected chi connectivity index (χ0v) is 18.4. The molecule has 0 atom stereocenters. The molecule has 0 saturated heterocycles. The smallest absolute Gasteiger partial charge is 0.334 e. The number of hydrogen-bond acceptors (Lipinski definition) is 3. The van der Waals surface area contributed by atoms with Crippen molar-refractivity contribution in [2.24, 2.45) is 0 Å². The molecule has 0 aliphatic rings. The van der Waals surface area contributed by atoms with Gasteiger partial charge in [-0.25, -0.2) is 5.32 Å². The van der Waals surface area contributed by atoms with Crippen molar-refractivity contribution in [2.75, 3.05) is 0 Å². The predicted octanol–water partition coefficient (Wildman–Crippen LogP) is 6.96. The Bertz CT molecular complexity index is 934. The average molecular weight is 445 g/mol. The number of aryl methyl sites for hydroxylation is 1. The standard InChI is InChI=1S/C25H29F3N3O/c1-2-3-4-5-6-7-8-23-30-24(32-31-23)21-13-9-19(10-14-21)17-29-18-20-11-15-22(16-12-20)25(26,27)28/h9-16H,2-8,17-18H2,1H3. The molecule has 32 heavy (non-hydrogen) atoms. The fourth-order valence-electron chi connectivity index (χ4n) is 3.40. The predicted molar refractivity (Wildman–Crippen MR) is 118 cm³/mol. The van der Waals surface area contributed by atoms with Crippen molar-refractivity contribution < 1.29 is 17.7 Å². The molecule has 3 aromatic rings. The van der Waals surface area contributed by atoms with E-state index in [0.29, 0.717) is 19.0 Å². The maximum Gasteiger partial charge on any atom is 0.416 e. The van der Waals surface area contributed by atoms with Crippen LogP contribution >= 0.6 is 0 Å². The Morgan fingerprint density at radius 2 is 1.41 bits per heavy atom. The molecular weight excluding hydrogens is 415 g/mol. The van der Waals surface area contributed by atoms with Gasteiger partial charge in [-0.1, -0.05) is 68.4 Å². The van der Waals surface area contributed by atoms with E-state index < -0.39 is 11.7 Å². The van der Waals surface area contributed by atoms with E-state index in [1.807, 2.05) is 24.3 Å². The quantitative estimate of drug-likeness (QED) is 0.284. The summed E-state index contributed by atoms with van der Waals surface area (Å²) in [6.45, 7) is 3.06. The van der Waals surface area contributed by atoms with Gasteiger partial charge < -0.3 is 4.52 Å². The Balaban J connectivity index is 1.42. The van der Waals surface area contributed by atoms with Gasteiger partial charge in [0.2, 0.25) is 0 Å². The van der Waals surface area contributed by atoms with E-state index in [2.05, 4.69) is 22.4 Å². The molecule has 0 saturated carbocycles. The number of nitrogens with zero attached hydrogens (tertiary/aromatic N) is 3. The summed E-state index contributed by atoms with van der Waals surface area (Å²) in [6, 6.07) is 12.8. The number of aromatic nitrogens is 2. The summed E-state index contributed by atoms with van der Waals surface area (Å²) in [5.74, 6) is 1.25. The Morgan fingerprint density at radius 1 is 0.812 bits per heavy atom. The highest BCUT2D eigenvalue weighted by molar-refractivity contribution is 5.53. The third-order valence-electron chi connectivity index (χ3n) is 5.29. The molecule has 0 unspecified atom stereocenters. The number of halogens is 3. The van der Waals surface area contributed by atoms with Crippen molar-refractivity contribution in [3.63, 3.8) is 0 Å². The van der Waals surface area contributed by atoms with Gasteiger partial charge in [0, 0.05) is 25.1 Å². The van der Waals surface area contributed by atoms with Crippen LogP contribution in [0.1, 0.15) is 68.0 Å². The van der Waals surface area contributed by atoms with E-state index in [4.69, 9.17) is 4.52 Å². The van der Waals surface area contributed by atoms with Crippen LogP contribution in [-0.2, 0) is 25.7 Å². The first-order valence-electron chi connectivity index (χ1n) is 11.2. The number of benzene rings is 2. The lowest BCUT2D eigenvalue weighted by atomic mass is 10.1. The van der Waals surface area contributed by atoms with Crippen molar-refractivity contribution in [1.29, 1.82) is 0 Å². The Kier molecular flexibility index (Phi) is 8.85. The van der Waals surface area contributed by atoms with Crippen molar-refractivity contribution in [2.45, 2.75) is 71.1 Å². The molecule has 0 fully saturated rings. The number of alkyl halides is 3. The van der Waals surface area contributed by atoms with Gasteiger partial charge in [-0.15, -0.1) is 0 Å². The molecule has 0 bridgehead atoms. The van der Waals surface area contributed by atoms with Crippen LogP contribution in [0.4, 0.5) is 13.2 Å². The molecule has 0 aliphatic carbocycles. The minimum atomic E-state index is -4.31. The Morgan fingerprint density at radius 3 is 2.03 bits per heavy atom. The van der Waals surface area contributed by atoms with Crippen LogP contribution < -0.4 is 5.32 Å². The van der Waals surface area contributed by atoms with E-state index >= 15 is 0 Å². The van der Waals surface area contributed by atoms with Gasteiger partial charge in [0.25, 0.3) is 5.89 Å². The zero-order chi connectivity index (χ0) is 22.8. The van der Waals surface area contributed by atoms with Crippen molar-refractivity contribution in [1.82, 2.24) is 15.5 Å². The van der Waals surface area contributed by atoms with Gasteiger partial charge in [-0.3, -0.25) is 0 Å². The second-order valence-corrected chi connectivity index (χ2v) is 7.96. The van der Waals surface area contributed by atoms with Gasteiger partial charge in [0.15, 0.2) is 5.82 Å². The van der Waals surface area contributed by atoms with E-state index in [0.717, 1.165) is 47.5 Å². The van der Waals surface area contributed by atoms with Gasteiger partial charge >= 0.3 is 6.18 Å². The van der Waals surface area contributed by atoms with Crippen LogP contribution in [0, 0.1) is 0 Å². The van der Waals surface area contributed by atoms with Crippen LogP contribution in [0.2, 0.25) is 0 Å².